The molecular formula is C11H13NO3. The summed E-state index contributed by atoms with van der Waals surface area (Å²) in [6.07, 6.45) is 1.49. The largest absolute Gasteiger partial charge is 0.508 e. The van der Waals surface area contributed by atoms with Gasteiger partial charge < -0.3 is 15.5 Å². The summed E-state index contributed by atoms with van der Waals surface area (Å²) in [5.41, 5.74) is 1.78. The van der Waals surface area contributed by atoms with Gasteiger partial charge in [0.05, 0.1) is 6.04 Å². The first-order chi connectivity index (χ1) is 7.18. The van der Waals surface area contributed by atoms with Crippen molar-refractivity contribution >= 4 is 6.09 Å². The molecule has 1 aliphatic carbocycles. The minimum Gasteiger partial charge on any atom is -0.508 e. The SMILES string of the molecule is O=C(O)N[C@@H]1CCCc2c(O)cccc21. The lowest BCUT2D eigenvalue weighted by molar-refractivity contribution is 0.188. The van der Waals surface area contributed by atoms with Crippen molar-refractivity contribution in [3.05, 3.63) is 29.3 Å². The van der Waals surface area contributed by atoms with Crippen LogP contribution in [0.3, 0.4) is 0 Å². The number of benzene rings is 1. The molecule has 4 nitrogen and oxygen atoms in total. The summed E-state index contributed by atoms with van der Waals surface area (Å²) in [6, 6.07) is 5.07. The van der Waals surface area contributed by atoms with E-state index in [1.807, 2.05) is 6.07 Å². The molecule has 0 aliphatic heterocycles. The molecule has 80 valence electrons. The fourth-order valence-electron chi connectivity index (χ4n) is 2.13. The molecule has 1 aromatic carbocycles. The summed E-state index contributed by atoms with van der Waals surface area (Å²) in [4.78, 5) is 10.6. The molecule has 4 heteroatoms. The average Bonchev–Trinajstić information content (AvgIpc) is 2.19. The highest BCUT2D eigenvalue weighted by molar-refractivity contribution is 5.65. The molecule has 0 saturated carbocycles. The summed E-state index contributed by atoms with van der Waals surface area (Å²) in [5.74, 6) is 0.268. The number of carbonyl (C=O) groups is 1. The maximum absolute atomic E-state index is 10.6. The van der Waals surface area contributed by atoms with Gasteiger partial charge in [-0.2, -0.15) is 0 Å². The van der Waals surface area contributed by atoms with Gasteiger partial charge in [-0.1, -0.05) is 12.1 Å². The van der Waals surface area contributed by atoms with Crippen LogP contribution in [0, 0.1) is 0 Å². The number of hydrogen-bond acceptors (Lipinski definition) is 2. The van der Waals surface area contributed by atoms with Crippen LogP contribution in [-0.4, -0.2) is 16.3 Å². The van der Waals surface area contributed by atoms with Gasteiger partial charge in [0.25, 0.3) is 0 Å². The van der Waals surface area contributed by atoms with Crippen molar-refractivity contribution in [2.24, 2.45) is 0 Å². The van der Waals surface area contributed by atoms with E-state index in [0.717, 1.165) is 30.4 Å². The second kappa shape index (κ2) is 3.81. The van der Waals surface area contributed by atoms with E-state index in [0.29, 0.717) is 0 Å². The summed E-state index contributed by atoms with van der Waals surface area (Å²) in [6.45, 7) is 0. The summed E-state index contributed by atoms with van der Waals surface area (Å²) >= 11 is 0. The Balaban J connectivity index is 2.34. The molecule has 0 saturated heterocycles. The molecule has 15 heavy (non-hydrogen) atoms. The fraction of sp³-hybridized carbons (Fsp3) is 0.364. The minimum absolute atomic E-state index is 0.182. The Morgan fingerprint density at radius 2 is 2.27 bits per heavy atom. The number of phenolic OH excluding ortho intramolecular Hbond substituents is 1. The number of amides is 1. The van der Waals surface area contributed by atoms with E-state index in [1.54, 1.807) is 12.1 Å². The smallest absolute Gasteiger partial charge is 0.405 e. The van der Waals surface area contributed by atoms with Crippen molar-refractivity contribution in [1.82, 2.24) is 5.32 Å². The van der Waals surface area contributed by atoms with Crippen LogP contribution in [0.4, 0.5) is 4.79 Å². The molecule has 1 aliphatic rings. The lowest BCUT2D eigenvalue weighted by Crippen LogP contribution is -2.29. The number of carboxylic acid groups (broad SMARTS) is 1. The third kappa shape index (κ3) is 1.88. The minimum atomic E-state index is -1.02. The third-order valence-corrected chi connectivity index (χ3v) is 2.78. The molecule has 0 fully saturated rings. The molecule has 0 aromatic heterocycles. The molecule has 1 amide bonds. The van der Waals surface area contributed by atoms with Crippen LogP contribution in [0.5, 0.6) is 5.75 Å². The van der Waals surface area contributed by atoms with Crippen LogP contribution >= 0.6 is 0 Å². The quantitative estimate of drug-likeness (QED) is 0.660. The Morgan fingerprint density at radius 3 is 3.00 bits per heavy atom. The van der Waals surface area contributed by atoms with Gasteiger partial charge in [-0.3, -0.25) is 0 Å². The Hall–Kier alpha value is -1.71. The van der Waals surface area contributed by atoms with E-state index >= 15 is 0 Å². The van der Waals surface area contributed by atoms with Crippen LogP contribution < -0.4 is 5.32 Å². The number of aromatic hydroxyl groups is 1. The first-order valence-corrected chi connectivity index (χ1v) is 4.98. The molecule has 0 unspecified atom stereocenters. The predicted octanol–water partition coefficient (Wildman–Crippen LogP) is 2.04. The van der Waals surface area contributed by atoms with Crippen molar-refractivity contribution in [3.8, 4) is 5.75 Å². The Morgan fingerprint density at radius 1 is 1.47 bits per heavy atom. The molecule has 0 heterocycles. The first kappa shape index (κ1) is 9.83. The highest BCUT2D eigenvalue weighted by Gasteiger charge is 2.23. The van der Waals surface area contributed by atoms with Gasteiger partial charge >= 0.3 is 6.09 Å². The zero-order valence-corrected chi connectivity index (χ0v) is 8.23. The lowest BCUT2D eigenvalue weighted by atomic mass is 9.87. The van der Waals surface area contributed by atoms with Crippen molar-refractivity contribution in [1.29, 1.82) is 0 Å². The van der Waals surface area contributed by atoms with E-state index in [1.165, 1.54) is 0 Å². The molecule has 1 aromatic rings. The van der Waals surface area contributed by atoms with Crippen molar-refractivity contribution in [2.75, 3.05) is 0 Å². The van der Waals surface area contributed by atoms with Gasteiger partial charge in [-0.05, 0) is 36.5 Å². The summed E-state index contributed by atoms with van der Waals surface area (Å²) in [5, 5.41) is 20.8. The number of rotatable bonds is 1. The van der Waals surface area contributed by atoms with E-state index in [2.05, 4.69) is 5.32 Å². The van der Waals surface area contributed by atoms with Crippen LogP contribution in [0.1, 0.15) is 30.0 Å². The van der Waals surface area contributed by atoms with Gasteiger partial charge in [0.2, 0.25) is 0 Å². The van der Waals surface area contributed by atoms with E-state index in [9.17, 15) is 9.90 Å². The van der Waals surface area contributed by atoms with Gasteiger partial charge in [-0.25, -0.2) is 4.79 Å². The van der Waals surface area contributed by atoms with E-state index in [4.69, 9.17) is 5.11 Å². The van der Waals surface area contributed by atoms with Gasteiger partial charge in [-0.15, -0.1) is 0 Å². The lowest BCUT2D eigenvalue weighted by Gasteiger charge is -2.25. The van der Waals surface area contributed by atoms with Gasteiger partial charge in [0.15, 0.2) is 0 Å². The molecular weight excluding hydrogens is 194 g/mol. The van der Waals surface area contributed by atoms with Crippen LogP contribution in [0.25, 0.3) is 0 Å². The second-order valence-electron chi connectivity index (χ2n) is 3.74. The molecule has 1 atom stereocenters. The summed E-state index contributed by atoms with van der Waals surface area (Å²) < 4.78 is 0. The monoisotopic (exact) mass is 207 g/mol. The molecule has 0 radical (unpaired) electrons. The number of phenols is 1. The van der Waals surface area contributed by atoms with Crippen molar-refractivity contribution in [2.45, 2.75) is 25.3 Å². The van der Waals surface area contributed by atoms with Gasteiger partial charge in [0, 0.05) is 0 Å². The molecule has 0 bridgehead atoms. The predicted molar refractivity (Wildman–Crippen MR) is 54.9 cm³/mol. The van der Waals surface area contributed by atoms with Crippen molar-refractivity contribution < 1.29 is 15.0 Å². The highest BCUT2D eigenvalue weighted by Crippen LogP contribution is 2.34. The van der Waals surface area contributed by atoms with Crippen LogP contribution in [0.15, 0.2) is 18.2 Å². The normalized spacial score (nSPS) is 19.3. The zero-order valence-electron chi connectivity index (χ0n) is 8.23. The van der Waals surface area contributed by atoms with E-state index in [-0.39, 0.29) is 11.8 Å². The number of nitrogens with one attached hydrogen (secondary N) is 1. The Kier molecular flexibility index (Phi) is 2.49. The number of fused-ring (bicyclic) bond motifs is 1. The topological polar surface area (TPSA) is 69.6 Å². The Labute approximate surface area is 87.6 Å². The number of hydrogen-bond donors (Lipinski definition) is 3. The molecule has 3 N–H and O–H groups in total. The third-order valence-electron chi connectivity index (χ3n) is 2.78. The second-order valence-corrected chi connectivity index (χ2v) is 3.74. The fourth-order valence-corrected chi connectivity index (χ4v) is 2.13. The highest BCUT2D eigenvalue weighted by atomic mass is 16.4. The zero-order chi connectivity index (χ0) is 10.8. The van der Waals surface area contributed by atoms with E-state index < -0.39 is 6.09 Å². The first-order valence-electron chi connectivity index (χ1n) is 4.98. The molecule has 0 spiro atoms. The standard InChI is InChI=1S/C11H13NO3/c13-10-6-2-3-7-8(10)4-1-5-9(7)12-11(14)15/h2-3,6,9,12-13H,1,4-5H2,(H,14,15)/t9-/m1/s1. The van der Waals surface area contributed by atoms with Crippen LogP contribution in [0.2, 0.25) is 0 Å². The Bertz CT molecular complexity index is 389. The summed E-state index contributed by atoms with van der Waals surface area (Å²) in [7, 11) is 0. The van der Waals surface area contributed by atoms with Crippen molar-refractivity contribution in [3.63, 3.8) is 0 Å². The maximum Gasteiger partial charge on any atom is 0.405 e. The average molecular weight is 207 g/mol. The maximum atomic E-state index is 10.6. The van der Waals surface area contributed by atoms with Crippen LogP contribution in [-0.2, 0) is 6.42 Å². The van der Waals surface area contributed by atoms with Gasteiger partial charge in [0.1, 0.15) is 5.75 Å². The molecule has 2 rings (SSSR count).